The van der Waals surface area contributed by atoms with E-state index in [0.29, 0.717) is 6.04 Å². The number of ether oxygens (including phenoxy) is 1. The normalized spacial score (nSPS) is 33.6. The predicted octanol–water partition coefficient (Wildman–Crippen LogP) is -0.373. The van der Waals surface area contributed by atoms with Gasteiger partial charge in [-0.2, -0.15) is 0 Å². The lowest BCUT2D eigenvalue weighted by Crippen LogP contribution is -2.59. The molecule has 76 valence electrons. The molecule has 4 nitrogen and oxygen atoms in total. The van der Waals surface area contributed by atoms with Crippen LogP contribution in [0.4, 0.5) is 0 Å². The molecule has 5 heteroatoms. The van der Waals surface area contributed by atoms with Gasteiger partial charge in [0.15, 0.2) is 0 Å². The molecule has 2 aliphatic rings. The van der Waals surface area contributed by atoms with Crippen LogP contribution >= 0.6 is 12.4 Å². The molecule has 1 amide bonds. The quantitative estimate of drug-likeness (QED) is 0.588. The molecular weight excluding hydrogens is 192 g/mol. The first kappa shape index (κ1) is 10.8. The van der Waals surface area contributed by atoms with Gasteiger partial charge in [-0.1, -0.05) is 0 Å². The Morgan fingerprint density at radius 1 is 1.62 bits per heavy atom. The van der Waals surface area contributed by atoms with Gasteiger partial charge in [0.2, 0.25) is 5.91 Å². The molecule has 2 aliphatic heterocycles. The van der Waals surface area contributed by atoms with Crippen molar-refractivity contribution in [2.75, 3.05) is 26.7 Å². The smallest absolute Gasteiger partial charge is 0.248 e. The molecule has 0 radical (unpaired) electrons. The van der Waals surface area contributed by atoms with E-state index >= 15 is 0 Å². The molecule has 2 rings (SSSR count). The largest absolute Gasteiger partial charge is 0.365 e. The number of hydrogen-bond donors (Lipinski definition) is 1. The number of halogens is 1. The van der Waals surface area contributed by atoms with Crippen LogP contribution in [0.25, 0.3) is 0 Å². The molecule has 2 saturated heterocycles. The lowest BCUT2D eigenvalue weighted by atomic mass is 10.0. The Balaban J connectivity index is 0.000000845. The van der Waals surface area contributed by atoms with E-state index in [4.69, 9.17) is 4.74 Å². The number of amides is 1. The van der Waals surface area contributed by atoms with E-state index in [1.54, 1.807) is 0 Å². The van der Waals surface area contributed by atoms with Crippen LogP contribution in [0.1, 0.15) is 6.42 Å². The molecule has 0 aromatic heterocycles. The minimum Gasteiger partial charge on any atom is -0.365 e. The summed E-state index contributed by atoms with van der Waals surface area (Å²) in [6, 6.07) is 0.299. The lowest BCUT2D eigenvalue weighted by molar-refractivity contribution is -0.156. The van der Waals surface area contributed by atoms with Gasteiger partial charge in [0, 0.05) is 13.6 Å². The van der Waals surface area contributed by atoms with Gasteiger partial charge in [-0.05, 0) is 13.0 Å². The molecule has 1 N–H and O–H groups in total. The van der Waals surface area contributed by atoms with E-state index in [0.717, 1.165) is 19.5 Å². The Morgan fingerprint density at radius 2 is 2.38 bits per heavy atom. The topological polar surface area (TPSA) is 41.6 Å². The third-order valence-electron chi connectivity index (χ3n) is 2.70. The van der Waals surface area contributed by atoms with Crippen molar-refractivity contribution in [3.63, 3.8) is 0 Å². The maximum atomic E-state index is 11.2. The van der Waals surface area contributed by atoms with Crippen LogP contribution in [0.5, 0.6) is 0 Å². The van der Waals surface area contributed by atoms with Gasteiger partial charge in [0.25, 0.3) is 0 Å². The van der Waals surface area contributed by atoms with Gasteiger partial charge in [-0.15, -0.1) is 12.4 Å². The van der Waals surface area contributed by atoms with E-state index in [9.17, 15) is 4.79 Å². The Kier molecular flexibility index (Phi) is 3.53. The average Bonchev–Trinajstić information content (AvgIpc) is 2.12. The number of fused-ring (bicyclic) bond motifs is 1. The molecule has 0 aliphatic carbocycles. The van der Waals surface area contributed by atoms with Crippen molar-refractivity contribution in [2.24, 2.45) is 0 Å². The number of likely N-dealkylation sites (N-methyl/N-ethyl adjacent to an activating group) is 1. The molecule has 13 heavy (non-hydrogen) atoms. The van der Waals surface area contributed by atoms with Crippen LogP contribution in [0.15, 0.2) is 0 Å². The Hall–Kier alpha value is -0.320. The molecule has 2 heterocycles. The molecule has 0 aromatic carbocycles. The molecular formula is C8H15ClN2O2. The molecule has 0 saturated carbocycles. The van der Waals surface area contributed by atoms with E-state index in [-0.39, 0.29) is 31.0 Å². The number of carbonyl (C=O) groups is 1. The highest BCUT2D eigenvalue weighted by Gasteiger charge is 2.35. The molecule has 0 aromatic rings. The van der Waals surface area contributed by atoms with Gasteiger partial charge in [0.05, 0.1) is 12.1 Å². The summed E-state index contributed by atoms with van der Waals surface area (Å²) in [5.74, 6) is 0.109. The summed E-state index contributed by atoms with van der Waals surface area (Å²) in [5, 5.41) is 3.26. The summed E-state index contributed by atoms with van der Waals surface area (Å²) < 4.78 is 5.41. The second kappa shape index (κ2) is 4.26. The number of hydrogen-bond acceptors (Lipinski definition) is 3. The third-order valence-corrected chi connectivity index (χ3v) is 2.70. The number of carbonyl (C=O) groups excluding carboxylic acids is 1. The van der Waals surface area contributed by atoms with Crippen LogP contribution in [-0.2, 0) is 9.53 Å². The van der Waals surface area contributed by atoms with Crippen LogP contribution in [0, 0.1) is 0 Å². The molecule has 0 spiro atoms. The SMILES string of the molecule is CN1C(=O)COC2CNCCC21.Cl. The first-order valence-corrected chi connectivity index (χ1v) is 4.37. The second-order valence-electron chi connectivity index (χ2n) is 3.41. The van der Waals surface area contributed by atoms with Crippen LogP contribution in [0.2, 0.25) is 0 Å². The highest BCUT2D eigenvalue weighted by atomic mass is 35.5. The number of rotatable bonds is 0. The molecule has 2 unspecified atom stereocenters. The van der Waals surface area contributed by atoms with E-state index in [1.165, 1.54) is 0 Å². The molecule has 2 fully saturated rings. The van der Waals surface area contributed by atoms with Crippen molar-refractivity contribution >= 4 is 18.3 Å². The maximum absolute atomic E-state index is 11.2. The summed E-state index contributed by atoms with van der Waals surface area (Å²) in [6.07, 6.45) is 1.22. The highest BCUT2D eigenvalue weighted by molar-refractivity contribution is 5.85. The van der Waals surface area contributed by atoms with Crippen molar-refractivity contribution in [1.82, 2.24) is 10.2 Å². The zero-order chi connectivity index (χ0) is 8.55. The van der Waals surface area contributed by atoms with Crippen molar-refractivity contribution in [3.8, 4) is 0 Å². The predicted molar refractivity (Wildman–Crippen MR) is 51.0 cm³/mol. The van der Waals surface area contributed by atoms with Crippen molar-refractivity contribution in [2.45, 2.75) is 18.6 Å². The van der Waals surface area contributed by atoms with Crippen LogP contribution < -0.4 is 5.32 Å². The number of nitrogens with one attached hydrogen (secondary N) is 1. The Morgan fingerprint density at radius 3 is 3.15 bits per heavy atom. The fraction of sp³-hybridized carbons (Fsp3) is 0.875. The van der Waals surface area contributed by atoms with Gasteiger partial charge in [-0.3, -0.25) is 4.79 Å². The maximum Gasteiger partial charge on any atom is 0.248 e. The first-order chi connectivity index (χ1) is 5.79. The lowest BCUT2D eigenvalue weighted by Gasteiger charge is -2.41. The summed E-state index contributed by atoms with van der Waals surface area (Å²) in [5.41, 5.74) is 0. The van der Waals surface area contributed by atoms with E-state index in [1.807, 2.05) is 11.9 Å². The van der Waals surface area contributed by atoms with Crippen molar-refractivity contribution < 1.29 is 9.53 Å². The molecule has 0 bridgehead atoms. The Bertz CT molecular complexity index is 201. The first-order valence-electron chi connectivity index (χ1n) is 4.37. The minimum atomic E-state index is 0. The minimum absolute atomic E-state index is 0. The Labute approximate surface area is 84.0 Å². The monoisotopic (exact) mass is 206 g/mol. The van der Waals surface area contributed by atoms with Gasteiger partial charge in [-0.25, -0.2) is 0 Å². The fourth-order valence-corrected chi connectivity index (χ4v) is 1.89. The van der Waals surface area contributed by atoms with Gasteiger partial charge < -0.3 is 15.0 Å². The number of morpholine rings is 1. The van der Waals surface area contributed by atoms with Crippen LogP contribution in [0.3, 0.4) is 0 Å². The van der Waals surface area contributed by atoms with Crippen LogP contribution in [-0.4, -0.2) is 49.7 Å². The summed E-state index contributed by atoms with van der Waals surface area (Å²) in [4.78, 5) is 13.1. The summed E-state index contributed by atoms with van der Waals surface area (Å²) in [6.45, 7) is 2.11. The van der Waals surface area contributed by atoms with Crippen molar-refractivity contribution in [1.29, 1.82) is 0 Å². The zero-order valence-electron chi connectivity index (χ0n) is 7.66. The molecule has 2 atom stereocenters. The highest BCUT2D eigenvalue weighted by Crippen LogP contribution is 2.18. The number of piperidine rings is 1. The van der Waals surface area contributed by atoms with Crippen molar-refractivity contribution in [3.05, 3.63) is 0 Å². The third kappa shape index (κ3) is 1.95. The van der Waals surface area contributed by atoms with E-state index in [2.05, 4.69) is 5.32 Å². The number of nitrogens with zero attached hydrogens (tertiary/aromatic N) is 1. The van der Waals surface area contributed by atoms with E-state index < -0.39 is 0 Å². The standard InChI is InChI=1S/C8H14N2O2.ClH/c1-10-6-2-3-9-4-7(6)12-5-8(10)11;/h6-7,9H,2-5H2,1H3;1H. The summed E-state index contributed by atoms with van der Waals surface area (Å²) >= 11 is 0. The summed E-state index contributed by atoms with van der Waals surface area (Å²) in [7, 11) is 1.87. The second-order valence-corrected chi connectivity index (χ2v) is 3.41. The zero-order valence-corrected chi connectivity index (χ0v) is 8.47. The average molecular weight is 207 g/mol. The van der Waals surface area contributed by atoms with Gasteiger partial charge in [0.1, 0.15) is 6.61 Å². The van der Waals surface area contributed by atoms with Gasteiger partial charge >= 0.3 is 0 Å². The fourth-order valence-electron chi connectivity index (χ4n) is 1.89.